The molecule has 0 saturated carbocycles. The lowest BCUT2D eigenvalue weighted by Crippen LogP contribution is -2.15. The van der Waals surface area contributed by atoms with Crippen LogP contribution in [0.4, 0.5) is 10.5 Å². The number of rotatable bonds is 4. The molecule has 0 saturated heterocycles. The molecule has 4 nitrogen and oxygen atoms in total. The molecule has 1 heterocycles. The number of nitrogens with one attached hydrogen (secondary N) is 1. The Labute approximate surface area is 112 Å². The van der Waals surface area contributed by atoms with Gasteiger partial charge in [-0.15, -0.1) is 0 Å². The van der Waals surface area contributed by atoms with E-state index in [2.05, 4.69) is 10.3 Å². The van der Waals surface area contributed by atoms with Crippen molar-refractivity contribution in [2.24, 2.45) is 0 Å². The Morgan fingerprint density at radius 2 is 1.84 bits per heavy atom. The summed E-state index contributed by atoms with van der Waals surface area (Å²) in [5.74, 6) is 0. The molecule has 0 aliphatic heterocycles. The fraction of sp³-hybridized carbons (Fsp3) is 0.200. The van der Waals surface area contributed by atoms with Gasteiger partial charge in [0.05, 0.1) is 6.61 Å². The molecule has 0 atom stereocenters. The van der Waals surface area contributed by atoms with Crippen LogP contribution < -0.4 is 5.32 Å². The van der Waals surface area contributed by atoms with E-state index in [1.54, 1.807) is 12.4 Å². The number of ether oxygens (including phenoxy) is 1. The van der Waals surface area contributed by atoms with E-state index in [0.29, 0.717) is 13.0 Å². The highest BCUT2D eigenvalue weighted by atomic mass is 16.5. The molecule has 4 heteroatoms. The zero-order valence-corrected chi connectivity index (χ0v) is 10.8. The number of aromatic nitrogens is 1. The van der Waals surface area contributed by atoms with Gasteiger partial charge in [-0.05, 0) is 36.8 Å². The highest BCUT2D eigenvalue weighted by molar-refractivity contribution is 5.84. The number of pyridine rings is 1. The van der Waals surface area contributed by atoms with Crippen LogP contribution in [0.1, 0.15) is 11.1 Å². The lowest BCUT2D eigenvalue weighted by Gasteiger charge is -2.07. The van der Waals surface area contributed by atoms with Crippen LogP contribution in [0, 0.1) is 6.92 Å². The second-order valence-electron chi connectivity index (χ2n) is 4.23. The van der Waals surface area contributed by atoms with E-state index in [9.17, 15) is 4.79 Å². The van der Waals surface area contributed by atoms with E-state index in [0.717, 1.165) is 16.8 Å². The van der Waals surface area contributed by atoms with Crippen molar-refractivity contribution in [3.05, 3.63) is 59.9 Å². The zero-order chi connectivity index (χ0) is 13.5. The number of nitrogens with zero attached hydrogens (tertiary/aromatic N) is 1. The number of amides is 1. The number of carbonyl (C=O) groups excluding carboxylic acids is 1. The molecule has 0 bridgehead atoms. The molecule has 0 unspecified atom stereocenters. The molecule has 0 fully saturated rings. The first-order chi connectivity index (χ1) is 9.24. The summed E-state index contributed by atoms with van der Waals surface area (Å²) in [7, 11) is 0. The van der Waals surface area contributed by atoms with Crippen molar-refractivity contribution in [3.8, 4) is 0 Å². The number of hydrogen-bond donors (Lipinski definition) is 1. The normalized spacial score (nSPS) is 9.95. The molecule has 0 radical (unpaired) electrons. The third kappa shape index (κ3) is 4.43. The first kappa shape index (κ1) is 13.1. The number of benzene rings is 1. The monoisotopic (exact) mass is 256 g/mol. The Morgan fingerprint density at radius 3 is 2.53 bits per heavy atom. The van der Waals surface area contributed by atoms with E-state index >= 15 is 0 Å². The van der Waals surface area contributed by atoms with Gasteiger partial charge in [0.1, 0.15) is 0 Å². The van der Waals surface area contributed by atoms with Crippen LogP contribution in [-0.2, 0) is 11.2 Å². The SMILES string of the molecule is Cc1ccc(NC(=O)OCCc2ccncc2)cc1. The van der Waals surface area contributed by atoms with Crippen LogP contribution in [0.15, 0.2) is 48.8 Å². The molecule has 1 aromatic carbocycles. The van der Waals surface area contributed by atoms with Crippen molar-refractivity contribution in [3.63, 3.8) is 0 Å². The first-order valence-corrected chi connectivity index (χ1v) is 6.13. The fourth-order valence-electron chi connectivity index (χ4n) is 1.60. The van der Waals surface area contributed by atoms with Gasteiger partial charge in [0.25, 0.3) is 0 Å². The molecule has 1 aromatic heterocycles. The molecule has 98 valence electrons. The van der Waals surface area contributed by atoms with Crippen LogP contribution >= 0.6 is 0 Å². The van der Waals surface area contributed by atoms with E-state index < -0.39 is 6.09 Å². The second-order valence-corrected chi connectivity index (χ2v) is 4.23. The van der Waals surface area contributed by atoms with Crippen LogP contribution in [0.2, 0.25) is 0 Å². The van der Waals surface area contributed by atoms with Crippen molar-refractivity contribution in [1.82, 2.24) is 4.98 Å². The number of anilines is 1. The van der Waals surface area contributed by atoms with Gasteiger partial charge in [-0.2, -0.15) is 0 Å². The summed E-state index contributed by atoms with van der Waals surface area (Å²) in [5.41, 5.74) is 2.98. The average molecular weight is 256 g/mol. The minimum atomic E-state index is -0.432. The summed E-state index contributed by atoms with van der Waals surface area (Å²) >= 11 is 0. The molecular weight excluding hydrogens is 240 g/mol. The molecule has 19 heavy (non-hydrogen) atoms. The van der Waals surface area contributed by atoms with E-state index in [-0.39, 0.29) is 0 Å². The highest BCUT2D eigenvalue weighted by Crippen LogP contribution is 2.08. The molecule has 1 amide bonds. The minimum Gasteiger partial charge on any atom is -0.449 e. The quantitative estimate of drug-likeness (QED) is 0.914. The maximum absolute atomic E-state index is 11.5. The van der Waals surface area contributed by atoms with E-state index in [4.69, 9.17) is 4.74 Å². The summed E-state index contributed by atoms with van der Waals surface area (Å²) in [6, 6.07) is 11.4. The molecule has 2 aromatic rings. The first-order valence-electron chi connectivity index (χ1n) is 6.13. The largest absolute Gasteiger partial charge is 0.449 e. The Hall–Kier alpha value is -2.36. The third-order valence-electron chi connectivity index (χ3n) is 2.67. The molecule has 0 aliphatic carbocycles. The minimum absolute atomic E-state index is 0.349. The van der Waals surface area contributed by atoms with Gasteiger partial charge < -0.3 is 4.74 Å². The van der Waals surface area contributed by atoms with Crippen molar-refractivity contribution in [1.29, 1.82) is 0 Å². The summed E-state index contributed by atoms with van der Waals surface area (Å²) in [6.07, 6.45) is 3.70. The van der Waals surface area contributed by atoms with Gasteiger partial charge in [0, 0.05) is 24.5 Å². The number of aryl methyl sites for hydroxylation is 1. The van der Waals surface area contributed by atoms with Crippen molar-refractivity contribution < 1.29 is 9.53 Å². The summed E-state index contributed by atoms with van der Waals surface area (Å²) < 4.78 is 5.11. The van der Waals surface area contributed by atoms with Crippen molar-refractivity contribution in [2.45, 2.75) is 13.3 Å². The van der Waals surface area contributed by atoms with E-state index in [1.165, 1.54) is 0 Å². The lowest BCUT2D eigenvalue weighted by atomic mass is 10.2. The Balaban J connectivity index is 1.74. The molecule has 1 N–H and O–H groups in total. The fourth-order valence-corrected chi connectivity index (χ4v) is 1.60. The van der Waals surface area contributed by atoms with Gasteiger partial charge in [-0.1, -0.05) is 17.7 Å². The molecule has 0 aliphatic rings. The van der Waals surface area contributed by atoms with Crippen LogP contribution in [0.25, 0.3) is 0 Å². The number of hydrogen-bond acceptors (Lipinski definition) is 3. The predicted octanol–water partition coefficient (Wildman–Crippen LogP) is 3.18. The van der Waals surface area contributed by atoms with Gasteiger partial charge in [-0.25, -0.2) is 4.79 Å². The number of carbonyl (C=O) groups is 1. The Kier molecular flexibility index (Phi) is 4.50. The maximum atomic E-state index is 11.5. The highest BCUT2D eigenvalue weighted by Gasteiger charge is 2.02. The van der Waals surface area contributed by atoms with Gasteiger partial charge in [-0.3, -0.25) is 10.3 Å². The van der Waals surface area contributed by atoms with E-state index in [1.807, 2.05) is 43.3 Å². The van der Waals surface area contributed by atoms with Crippen LogP contribution in [0.3, 0.4) is 0 Å². The summed E-state index contributed by atoms with van der Waals surface area (Å²) in [6.45, 7) is 2.35. The molecule has 2 rings (SSSR count). The standard InChI is InChI=1S/C15H16N2O2/c1-12-2-4-14(5-3-12)17-15(18)19-11-8-13-6-9-16-10-7-13/h2-7,9-10H,8,11H2,1H3,(H,17,18). The average Bonchev–Trinajstić information content (AvgIpc) is 2.43. The van der Waals surface area contributed by atoms with Crippen LogP contribution in [-0.4, -0.2) is 17.7 Å². The maximum Gasteiger partial charge on any atom is 0.411 e. The topological polar surface area (TPSA) is 51.2 Å². The van der Waals surface area contributed by atoms with Gasteiger partial charge in [0.2, 0.25) is 0 Å². The second kappa shape index (κ2) is 6.54. The summed E-state index contributed by atoms with van der Waals surface area (Å²) in [5, 5.41) is 2.68. The lowest BCUT2D eigenvalue weighted by molar-refractivity contribution is 0.163. The zero-order valence-electron chi connectivity index (χ0n) is 10.8. The van der Waals surface area contributed by atoms with Gasteiger partial charge >= 0.3 is 6.09 Å². The Morgan fingerprint density at radius 1 is 1.16 bits per heavy atom. The molecule has 0 spiro atoms. The predicted molar refractivity (Wildman–Crippen MR) is 74.1 cm³/mol. The third-order valence-corrected chi connectivity index (χ3v) is 2.67. The van der Waals surface area contributed by atoms with Crippen LogP contribution in [0.5, 0.6) is 0 Å². The Bertz CT molecular complexity index is 524. The van der Waals surface area contributed by atoms with Gasteiger partial charge in [0.15, 0.2) is 0 Å². The molecular formula is C15H16N2O2. The smallest absolute Gasteiger partial charge is 0.411 e. The van der Waals surface area contributed by atoms with Crippen molar-refractivity contribution >= 4 is 11.8 Å². The summed E-state index contributed by atoms with van der Waals surface area (Å²) in [4.78, 5) is 15.5. The van der Waals surface area contributed by atoms with Crippen molar-refractivity contribution in [2.75, 3.05) is 11.9 Å².